The zero-order valence-corrected chi connectivity index (χ0v) is 10.9. The average molecular weight is 226 g/mol. The topological polar surface area (TPSA) is 24.4 Å². The lowest BCUT2D eigenvalue weighted by Crippen LogP contribution is -2.42. The standard InChI is InChI=1S/C12H22N2S/c1-4-11(2)9-15-10(13-11)14-12(3)7-5-6-8-12/h4-9H2,1-3H3,(H,13,14). The lowest BCUT2D eigenvalue weighted by molar-refractivity contribution is 0.431. The van der Waals surface area contributed by atoms with Gasteiger partial charge in [-0.05, 0) is 33.1 Å². The largest absolute Gasteiger partial charge is 0.360 e. The van der Waals surface area contributed by atoms with Crippen molar-refractivity contribution in [3.8, 4) is 0 Å². The van der Waals surface area contributed by atoms with E-state index in [9.17, 15) is 0 Å². The summed E-state index contributed by atoms with van der Waals surface area (Å²) in [4.78, 5) is 4.82. The number of nitrogens with one attached hydrogen (secondary N) is 1. The summed E-state index contributed by atoms with van der Waals surface area (Å²) in [6.45, 7) is 6.82. The first kappa shape index (κ1) is 11.3. The molecule has 0 bridgehead atoms. The summed E-state index contributed by atoms with van der Waals surface area (Å²) in [6, 6.07) is 0. The van der Waals surface area contributed by atoms with Gasteiger partial charge in [0.15, 0.2) is 5.17 Å². The van der Waals surface area contributed by atoms with Crippen LogP contribution in [-0.4, -0.2) is 22.0 Å². The molecular weight excluding hydrogens is 204 g/mol. The summed E-state index contributed by atoms with van der Waals surface area (Å²) < 4.78 is 0. The lowest BCUT2D eigenvalue weighted by atomic mass is 10.0. The second-order valence-electron chi connectivity index (χ2n) is 5.45. The Hall–Kier alpha value is -0.180. The number of thioether (sulfide) groups is 1. The van der Waals surface area contributed by atoms with E-state index in [1.54, 1.807) is 0 Å². The molecular formula is C12H22N2S. The molecule has 1 atom stereocenters. The second kappa shape index (κ2) is 4.00. The van der Waals surface area contributed by atoms with Crippen molar-refractivity contribution in [1.82, 2.24) is 5.32 Å². The molecule has 1 aliphatic carbocycles. The van der Waals surface area contributed by atoms with Crippen molar-refractivity contribution in [2.75, 3.05) is 5.75 Å². The van der Waals surface area contributed by atoms with Gasteiger partial charge in [-0.1, -0.05) is 31.5 Å². The Bertz CT molecular complexity index is 269. The van der Waals surface area contributed by atoms with Crippen LogP contribution in [0.25, 0.3) is 0 Å². The van der Waals surface area contributed by atoms with Crippen LogP contribution in [-0.2, 0) is 0 Å². The van der Waals surface area contributed by atoms with Gasteiger partial charge < -0.3 is 5.32 Å². The number of nitrogens with zero attached hydrogens (tertiary/aromatic N) is 1. The van der Waals surface area contributed by atoms with Crippen molar-refractivity contribution in [3.63, 3.8) is 0 Å². The van der Waals surface area contributed by atoms with Gasteiger partial charge in [-0.2, -0.15) is 0 Å². The van der Waals surface area contributed by atoms with Crippen molar-refractivity contribution < 1.29 is 0 Å². The maximum atomic E-state index is 4.82. The van der Waals surface area contributed by atoms with Crippen LogP contribution in [0.15, 0.2) is 4.99 Å². The highest BCUT2D eigenvalue weighted by atomic mass is 32.2. The summed E-state index contributed by atoms with van der Waals surface area (Å²) in [5.74, 6) is 1.14. The third-order valence-corrected chi connectivity index (χ3v) is 5.00. The molecule has 1 saturated carbocycles. The van der Waals surface area contributed by atoms with Gasteiger partial charge in [-0.3, -0.25) is 4.99 Å². The van der Waals surface area contributed by atoms with E-state index in [2.05, 4.69) is 26.1 Å². The molecule has 3 heteroatoms. The molecule has 1 unspecified atom stereocenters. The van der Waals surface area contributed by atoms with Gasteiger partial charge in [0.2, 0.25) is 0 Å². The minimum absolute atomic E-state index is 0.183. The van der Waals surface area contributed by atoms with Crippen molar-refractivity contribution in [2.45, 2.75) is 64.0 Å². The van der Waals surface area contributed by atoms with Crippen molar-refractivity contribution >= 4 is 16.9 Å². The third-order valence-electron chi connectivity index (χ3n) is 3.77. The van der Waals surface area contributed by atoms with E-state index in [1.807, 2.05) is 11.8 Å². The summed E-state index contributed by atoms with van der Waals surface area (Å²) in [5.41, 5.74) is 0.507. The fraction of sp³-hybridized carbons (Fsp3) is 0.917. The lowest BCUT2D eigenvalue weighted by Gasteiger charge is -2.26. The van der Waals surface area contributed by atoms with E-state index < -0.39 is 0 Å². The Morgan fingerprint density at radius 1 is 1.33 bits per heavy atom. The Kier molecular flexibility index (Phi) is 3.02. The molecule has 0 spiro atoms. The fourth-order valence-electron chi connectivity index (χ4n) is 2.32. The van der Waals surface area contributed by atoms with Crippen LogP contribution in [0.1, 0.15) is 52.9 Å². The Morgan fingerprint density at radius 2 is 2.00 bits per heavy atom. The molecule has 86 valence electrons. The predicted octanol–water partition coefficient (Wildman–Crippen LogP) is 3.18. The molecule has 0 amide bonds. The molecule has 0 radical (unpaired) electrons. The quantitative estimate of drug-likeness (QED) is 0.782. The SMILES string of the molecule is CCC1(C)CSC(NC2(C)CCCC2)=N1. The minimum Gasteiger partial charge on any atom is -0.360 e. The molecule has 0 aromatic carbocycles. The van der Waals surface area contributed by atoms with Crippen molar-refractivity contribution in [3.05, 3.63) is 0 Å². The highest BCUT2D eigenvalue weighted by molar-refractivity contribution is 8.14. The molecule has 2 aliphatic rings. The Balaban J connectivity index is 1.98. The molecule has 1 fully saturated rings. The molecule has 0 aromatic rings. The number of rotatable bonds is 2. The van der Waals surface area contributed by atoms with Gasteiger partial charge in [0.1, 0.15) is 0 Å². The van der Waals surface area contributed by atoms with Crippen LogP contribution < -0.4 is 5.32 Å². The molecule has 1 heterocycles. The van der Waals surface area contributed by atoms with Gasteiger partial charge in [0.25, 0.3) is 0 Å². The van der Waals surface area contributed by atoms with Crippen molar-refractivity contribution in [1.29, 1.82) is 0 Å². The molecule has 1 N–H and O–H groups in total. The Morgan fingerprint density at radius 3 is 2.53 bits per heavy atom. The van der Waals surface area contributed by atoms with Gasteiger partial charge in [-0.25, -0.2) is 0 Å². The van der Waals surface area contributed by atoms with E-state index in [4.69, 9.17) is 4.99 Å². The van der Waals surface area contributed by atoms with Crippen LogP contribution in [0.2, 0.25) is 0 Å². The zero-order chi connectivity index (χ0) is 10.9. The third kappa shape index (κ3) is 2.49. The van der Waals surface area contributed by atoms with Crippen LogP contribution in [0, 0.1) is 0 Å². The van der Waals surface area contributed by atoms with Crippen LogP contribution >= 0.6 is 11.8 Å². The van der Waals surface area contributed by atoms with Gasteiger partial charge in [0, 0.05) is 11.3 Å². The molecule has 1 aliphatic heterocycles. The van der Waals surface area contributed by atoms with Crippen LogP contribution in [0.5, 0.6) is 0 Å². The van der Waals surface area contributed by atoms with E-state index >= 15 is 0 Å². The molecule has 0 aromatic heterocycles. The molecule has 2 nitrogen and oxygen atoms in total. The van der Waals surface area contributed by atoms with Crippen LogP contribution in [0.4, 0.5) is 0 Å². The monoisotopic (exact) mass is 226 g/mol. The zero-order valence-electron chi connectivity index (χ0n) is 10.1. The van der Waals surface area contributed by atoms with Gasteiger partial charge in [0.05, 0.1) is 5.54 Å². The van der Waals surface area contributed by atoms with Gasteiger partial charge in [-0.15, -0.1) is 0 Å². The van der Waals surface area contributed by atoms with Gasteiger partial charge >= 0.3 is 0 Å². The number of hydrogen-bond acceptors (Lipinski definition) is 3. The first-order valence-electron chi connectivity index (χ1n) is 6.06. The summed E-state index contributed by atoms with van der Waals surface area (Å²) >= 11 is 1.90. The minimum atomic E-state index is 0.183. The van der Waals surface area contributed by atoms with E-state index in [0.29, 0.717) is 5.54 Å². The fourth-order valence-corrected chi connectivity index (χ4v) is 3.64. The maximum Gasteiger partial charge on any atom is 0.157 e. The van der Waals surface area contributed by atoms with Crippen molar-refractivity contribution in [2.24, 2.45) is 4.99 Å². The number of aliphatic imine (C=N–C) groups is 1. The first-order chi connectivity index (χ1) is 7.05. The summed E-state index contributed by atoms with van der Waals surface area (Å²) in [5, 5.41) is 4.84. The second-order valence-corrected chi connectivity index (χ2v) is 6.41. The highest BCUT2D eigenvalue weighted by Crippen LogP contribution is 2.33. The highest BCUT2D eigenvalue weighted by Gasteiger charge is 2.34. The maximum absolute atomic E-state index is 4.82. The summed E-state index contributed by atoms with van der Waals surface area (Å²) in [7, 11) is 0. The number of hydrogen-bond donors (Lipinski definition) is 1. The Labute approximate surface area is 97.3 Å². The first-order valence-corrected chi connectivity index (χ1v) is 7.05. The summed E-state index contributed by atoms with van der Waals surface area (Å²) in [6.07, 6.45) is 6.48. The van der Waals surface area contributed by atoms with E-state index in [0.717, 1.165) is 12.2 Å². The molecule has 15 heavy (non-hydrogen) atoms. The average Bonchev–Trinajstić information content (AvgIpc) is 2.75. The molecule has 0 saturated heterocycles. The predicted molar refractivity (Wildman–Crippen MR) is 68.6 cm³/mol. The van der Waals surface area contributed by atoms with E-state index in [1.165, 1.54) is 30.9 Å². The van der Waals surface area contributed by atoms with Crippen LogP contribution in [0.3, 0.4) is 0 Å². The number of amidine groups is 1. The van der Waals surface area contributed by atoms with E-state index in [-0.39, 0.29) is 5.54 Å². The molecule has 2 rings (SSSR count). The smallest absolute Gasteiger partial charge is 0.157 e. The normalized spacial score (nSPS) is 34.2.